The quantitative estimate of drug-likeness (QED) is 0.845. The molecule has 0 radical (unpaired) electrons. The Kier molecular flexibility index (Phi) is 2.67. The topological polar surface area (TPSA) is 55.4 Å². The smallest absolute Gasteiger partial charge is 0.310 e. The number of esters is 1. The van der Waals surface area contributed by atoms with E-state index in [-0.39, 0.29) is 35.7 Å². The van der Waals surface area contributed by atoms with Gasteiger partial charge in [-0.25, -0.2) is 0 Å². The van der Waals surface area contributed by atoms with E-state index in [0.29, 0.717) is 5.92 Å². The number of anilines is 1. The van der Waals surface area contributed by atoms with Crippen LogP contribution in [0.15, 0.2) is 28.7 Å². The number of ether oxygens (including phenoxy) is 1. The first-order valence-electron chi connectivity index (χ1n) is 6.90. The van der Waals surface area contributed by atoms with E-state index in [1.54, 1.807) is 0 Å². The Hall–Kier alpha value is -1.36. The lowest BCUT2D eigenvalue weighted by molar-refractivity contribution is -0.145. The maximum absolute atomic E-state index is 12.5. The highest BCUT2D eigenvalue weighted by molar-refractivity contribution is 9.10. The second-order valence-electron chi connectivity index (χ2n) is 5.92. The van der Waals surface area contributed by atoms with Gasteiger partial charge >= 0.3 is 5.97 Å². The van der Waals surface area contributed by atoms with Gasteiger partial charge in [0.25, 0.3) is 0 Å². The summed E-state index contributed by atoms with van der Waals surface area (Å²) in [7, 11) is 0. The number of benzene rings is 1. The standard InChI is InChI=1S/C15H14BrNO3/c16-8-1-3-9(4-2-8)17-14(18)12-7-5-10-11(6-7)20-15(19)13(10)12/h1-4,7,10-13H,5-6H2,(H,17,18)/t7-,10-,11-,12-,13-/m0/s1. The van der Waals surface area contributed by atoms with E-state index in [4.69, 9.17) is 4.74 Å². The van der Waals surface area contributed by atoms with Gasteiger partial charge in [-0.1, -0.05) is 15.9 Å². The fourth-order valence-electron chi connectivity index (χ4n) is 4.12. The molecule has 1 saturated heterocycles. The monoisotopic (exact) mass is 335 g/mol. The number of halogens is 1. The van der Waals surface area contributed by atoms with Crippen molar-refractivity contribution in [2.75, 3.05) is 5.32 Å². The van der Waals surface area contributed by atoms with Crippen LogP contribution in [0.3, 0.4) is 0 Å². The van der Waals surface area contributed by atoms with Crippen molar-refractivity contribution < 1.29 is 14.3 Å². The van der Waals surface area contributed by atoms with Gasteiger partial charge in [-0.2, -0.15) is 0 Å². The van der Waals surface area contributed by atoms with E-state index in [1.165, 1.54) is 0 Å². The molecular formula is C15H14BrNO3. The second-order valence-corrected chi connectivity index (χ2v) is 6.83. The van der Waals surface area contributed by atoms with E-state index in [0.717, 1.165) is 23.0 Å². The van der Waals surface area contributed by atoms with Crippen molar-refractivity contribution >= 4 is 33.5 Å². The van der Waals surface area contributed by atoms with Crippen molar-refractivity contribution in [1.29, 1.82) is 0 Å². The number of carbonyl (C=O) groups excluding carboxylic acids is 2. The molecule has 104 valence electrons. The van der Waals surface area contributed by atoms with Gasteiger partial charge in [0.15, 0.2) is 0 Å². The van der Waals surface area contributed by atoms with Crippen LogP contribution in [0.5, 0.6) is 0 Å². The average molecular weight is 336 g/mol. The number of amides is 1. The van der Waals surface area contributed by atoms with E-state index >= 15 is 0 Å². The molecule has 0 aromatic heterocycles. The maximum atomic E-state index is 12.5. The molecule has 1 N–H and O–H groups in total. The highest BCUT2D eigenvalue weighted by Crippen LogP contribution is 2.57. The number of nitrogens with one attached hydrogen (secondary N) is 1. The second kappa shape index (κ2) is 4.32. The van der Waals surface area contributed by atoms with Gasteiger partial charge < -0.3 is 10.1 Å². The molecule has 0 unspecified atom stereocenters. The molecule has 4 nitrogen and oxygen atoms in total. The molecule has 1 aromatic rings. The number of carbonyl (C=O) groups is 2. The number of rotatable bonds is 2. The summed E-state index contributed by atoms with van der Waals surface area (Å²) in [6.45, 7) is 0. The van der Waals surface area contributed by atoms with Gasteiger partial charge in [0.05, 0.1) is 11.8 Å². The summed E-state index contributed by atoms with van der Waals surface area (Å²) in [6.07, 6.45) is 1.89. The van der Waals surface area contributed by atoms with Crippen LogP contribution in [-0.2, 0) is 14.3 Å². The minimum Gasteiger partial charge on any atom is -0.462 e. The molecule has 4 rings (SSSR count). The highest BCUT2D eigenvalue weighted by atomic mass is 79.9. The average Bonchev–Trinajstić information content (AvgIpc) is 3.02. The van der Waals surface area contributed by atoms with Crippen LogP contribution >= 0.6 is 15.9 Å². The molecule has 1 heterocycles. The van der Waals surface area contributed by atoms with Gasteiger partial charge in [-0.15, -0.1) is 0 Å². The molecule has 1 aromatic carbocycles. The summed E-state index contributed by atoms with van der Waals surface area (Å²) in [5, 5.41) is 2.93. The molecule has 1 aliphatic heterocycles. The SMILES string of the molecule is O=C(Nc1ccc(Br)cc1)[C@H]1[C@H]2C[C@@H]3[C@@H]1C(=O)O[C@H]3C2. The van der Waals surface area contributed by atoms with Gasteiger partial charge in [0, 0.05) is 16.1 Å². The predicted octanol–water partition coefficient (Wildman–Crippen LogP) is 2.59. The van der Waals surface area contributed by atoms with Gasteiger partial charge in [-0.05, 0) is 43.0 Å². The lowest BCUT2D eigenvalue weighted by Gasteiger charge is -2.23. The molecule has 1 amide bonds. The lowest BCUT2D eigenvalue weighted by atomic mass is 9.79. The van der Waals surface area contributed by atoms with Crippen LogP contribution in [0.4, 0.5) is 5.69 Å². The van der Waals surface area contributed by atoms with Crippen molar-refractivity contribution in [3.63, 3.8) is 0 Å². The minimum absolute atomic E-state index is 0.0397. The third-order valence-electron chi connectivity index (χ3n) is 4.90. The molecular weight excluding hydrogens is 322 g/mol. The number of hydrogen-bond acceptors (Lipinski definition) is 3. The molecule has 0 spiro atoms. The van der Waals surface area contributed by atoms with Gasteiger partial charge in [-0.3, -0.25) is 9.59 Å². The van der Waals surface area contributed by atoms with E-state index in [2.05, 4.69) is 21.2 Å². The molecule has 5 atom stereocenters. The Morgan fingerprint density at radius 2 is 2.00 bits per heavy atom. The third-order valence-corrected chi connectivity index (χ3v) is 5.43. The molecule has 20 heavy (non-hydrogen) atoms. The summed E-state index contributed by atoms with van der Waals surface area (Å²) in [5.74, 6) is -0.0627. The van der Waals surface area contributed by atoms with Gasteiger partial charge in [0.2, 0.25) is 5.91 Å². The fourth-order valence-corrected chi connectivity index (χ4v) is 4.39. The molecule has 2 aliphatic carbocycles. The summed E-state index contributed by atoms with van der Waals surface area (Å²) in [5.41, 5.74) is 0.767. The first kappa shape index (κ1) is 12.4. The van der Waals surface area contributed by atoms with E-state index in [9.17, 15) is 9.59 Å². The van der Waals surface area contributed by atoms with Crippen molar-refractivity contribution in [2.45, 2.75) is 18.9 Å². The Bertz CT molecular complexity index is 583. The largest absolute Gasteiger partial charge is 0.462 e. The Morgan fingerprint density at radius 3 is 2.75 bits per heavy atom. The zero-order chi connectivity index (χ0) is 13.9. The molecule has 2 bridgehead atoms. The van der Waals surface area contributed by atoms with Crippen molar-refractivity contribution in [3.8, 4) is 0 Å². The fraction of sp³-hybridized carbons (Fsp3) is 0.467. The predicted molar refractivity (Wildman–Crippen MR) is 75.8 cm³/mol. The Balaban J connectivity index is 1.54. The summed E-state index contributed by atoms with van der Waals surface area (Å²) < 4.78 is 6.33. The summed E-state index contributed by atoms with van der Waals surface area (Å²) >= 11 is 3.36. The van der Waals surface area contributed by atoms with Crippen LogP contribution in [-0.4, -0.2) is 18.0 Å². The molecule has 5 heteroatoms. The Labute approximate surface area is 125 Å². The normalized spacial score (nSPS) is 37.0. The highest BCUT2D eigenvalue weighted by Gasteiger charge is 2.63. The third kappa shape index (κ3) is 1.72. The van der Waals surface area contributed by atoms with Crippen molar-refractivity contribution in [2.24, 2.45) is 23.7 Å². The van der Waals surface area contributed by atoms with Gasteiger partial charge in [0.1, 0.15) is 6.10 Å². The molecule has 2 saturated carbocycles. The molecule has 3 aliphatic rings. The van der Waals surface area contributed by atoms with Crippen LogP contribution < -0.4 is 5.32 Å². The first-order chi connectivity index (χ1) is 9.63. The number of hydrogen-bond donors (Lipinski definition) is 1. The van der Waals surface area contributed by atoms with Crippen LogP contribution in [0.25, 0.3) is 0 Å². The first-order valence-corrected chi connectivity index (χ1v) is 7.70. The minimum atomic E-state index is -0.214. The molecule has 3 fully saturated rings. The Morgan fingerprint density at radius 1 is 1.25 bits per heavy atom. The number of fused-ring (bicyclic) bond motifs is 1. The maximum Gasteiger partial charge on any atom is 0.310 e. The zero-order valence-electron chi connectivity index (χ0n) is 10.7. The van der Waals surface area contributed by atoms with E-state index in [1.807, 2.05) is 24.3 Å². The van der Waals surface area contributed by atoms with E-state index < -0.39 is 0 Å². The zero-order valence-corrected chi connectivity index (χ0v) is 12.3. The lowest BCUT2D eigenvalue weighted by Crippen LogP contribution is -2.35. The van der Waals surface area contributed by atoms with Crippen LogP contribution in [0, 0.1) is 23.7 Å². The van der Waals surface area contributed by atoms with Crippen molar-refractivity contribution in [1.82, 2.24) is 0 Å². The van der Waals surface area contributed by atoms with Crippen molar-refractivity contribution in [3.05, 3.63) is 28.7 Å². The van der Waals surface area contributed by atoms with Crippen LogP contribution in [0.1, 0.15) is 12.8 Å². The summed E-state index contributed by atoms with van der Waals surface area (Å²) in [4.78, 5) is 24.4. The summed E-state index contributed by atoms with van der Waals surface area (Å²) in [6, 6.07) is 7.47. The van der Waals surface area contributed by atoms with Crippen LogP contribution in [0.2, 0.25) is 0 Å².